The first-order chi connectivity index (χ1) is 15.4. The first kappa shape index (κ1) is 20.9. The highest BCUT2D eigenvalue weighted by molar-refractivity contribution is 5.79. The van der Waals surface area contributed by atoms with Gasteiger partial charge in [-0.25, -0.2) is 18.6 Å². The van der Waals surface area contributed by atoms with Gasteiger partial charge in [0.1, 0.15) is 28.8 Å². The van der Waals surface area contributed by atoms with Crippen LogP contribution in [-0.2, 0) is 17.7 Å². The first-order valence-corrected chi connectivity index (χ1v) is 9.38. The summed E-state index contributed by atoms with van der Waals surface area (Å²) in [5.41, 5.74) is 13.7. The lowest BCUT2D eigenvalue weighted by Gasteiger charge is -2.11. The van der Waals surface area contributed by atoms with E-state index in [0.717, 1.165) is 6.20 Å². The van der Waals surface area contributed by atoms with Crippen molar-refractivity contribution in [3.05, 3.63) is 65.0 Å². The van der Waals surface area contributed by atoms with Crippen LogP contribution in [0.25, 0.3) is 17.0 Å². The largest absolute Gasteiger partial charge is 0.453 e. The summed E-state index contributed by atoms with van der Waals surface area (Å²) in [6.45, 7) is -0.0564. The number of hydrogen-bond donors (Lipinski definition) is 3. The maximum atomic E-state index is 14.2. The second-order valence-electron chi connectivity index (χ2n) is 6.77. The number of nitrogen functional groups attached to an aromatic ring is 2. The number of halogens is 2. The summed E-state index contributed by atoms with van der Waals surface area (Å²) in [5.74, 6) is -1.04. The molecule has 10 nitrogen and oxygen atoms in total. The first-order valence-electron chi connectivity index (χ1n) is 9.38. The van der Waals surface area contributed by atoms with E-state index in [1.165, 1.54) is 23.9 Å². The van der Waals surface area contributed by atoms with E-state index in [0.29, 0.717) is 16.8 Å². The maximum Gasteiger partial charge on any atom is 0.407 e. The van der Waals surface area contributed by atoms with Crippen LogP contribution in [0.5, 0.6) is 0 Å². The Bertz CT molecular complexity index is 1300. The Morgan fingerprint density at radius 1 is 1.19 bits per heavy atom. The fourth-order valence-electron chi connectivity index (χ4n) is 3.14. The molecule has 0 spiro atoms. The van der Waals surface area contributed by atoms with Crippen molar-refractivity contribution < 1.29 is 18.3 Å². The predicted octanol–water partition coefficient (Wildman–Crippen LogP) is 2.10. The van der Waals surface area contributed by atoms with Gasteiger partial charge in [0.25, 0.3) is 5.95 Å². The van der Waals surface area contributed by atoms with Crippen molar-refractivity contribution in [2.24, 2.45) is 0 Å². The fourth-order valence-corrected chi connectivity index (χ4v) is 3.14. The van der Waals surface area contributed by atoms with Crippen molar-refractivity contribution in [3.8, 4) is 5.95 Å². The van der Waals surface area contributed by atoms with Gasteiger partial charge in [-0.05, 0) is 11.6 Å². The topological polar surface area (TPSA) is 147 Å². The number of pyridine rings is 1. The Hall–Kier alpha value is -4.35. The van der Waals surface area contributed by atoms with E-state index in [1.807, 2.05) is 0 Å². The van der Waals surface area contributed by atoms with Gasteiger partial charge in [-0.3, -0.25) is 0 Å². The lowest BCUT2D eigenvalue weighted by Crippen LogP contribution is -2.24. The number of anilines is 2. The van der Waals surface area contributed by atoms with Crippen LogP contribution >= 0.6 is 0 Å². The van der Waals surface area contributed by atoms with E-state index >= 15 is 0 Å². The molecule has 0 aliphatic carbocycles. The molecule has 1 amide bonds. The van der Waals surface area contributed by atoms with Gasteiger partial charge in [0.15, 0.2) is 0 Å². The van der Waals surface area contributed by atoms with Crippen LogP contribution in [0.15, 0.2) is 36.5 Å². The molecule has 3 heterocycles. The molecule has 32 heavy (non-hydrogen) atoms. The molecule has 0 aliphatic heterocycles. The zero-order valence-electron chi connectivity index (χ0n) is 16.8. The second-order valence-corrected chi connectivity index (χ2v) is 6.77. The van der Waals surface area contributed by atoms with Crippen LogP contribution in [0.3, 0.4) is 0 Å². The molecule has 4 rings (SSSR count). The molecule has 0 saturated carbocycles. The van der Waals surface area contributed by atoms with Gasteiger partial charge in [0.05, 0.1) is 36.6 Å². The van der Waals surface area contributed by atoms with Crippen LogP contribution in [-0.4, -0.2) is 37.9 Å². The maximum absolute atomic E-state index is 14.2. The zero-order valence-corrected chi connectivity index (χ0v) is 16.8. The van der Waals surface area contributed by atoms with Crippen molar-refractivity contribution >= 4 is 28.8 Å². The number of carbonyl (C=O) groups is 1. The molecule has 0 atom stereocenters. The molecule has 0 bridgehead atoms. The summed E-state index contributed by atoms with van der Waals surface area (Å²) in [5, 5.41) is 6.88. The van der Waals surface area contributed by atoms with Crippen molar-refractivity contribution in [1.29, 1.82) is 0 Å². The molecule has 0 aliphatic rings. The number of ether oxygens (including phenoxy) is 1. The van der Waals surface area contributed by atoms with E-state index in [-0.39, 0.29) is 41.6 Å². The van der Waals surface area contributed by atoms with Crippen LogP contribution in [0, 0.1) is 11.6 Å². The third-order valence-electron chi connectivity index (χ3n) is 4.72. The van der Waals surface area contributed by atoms with Gasteiger partial charge in [-0.1, -0.05) is 18.2 Å². The van der Waals surface area contributed by atoms with Gasteiger partial charge >= 0.3 is 6.09 Å². The summed E-state index contributed by atoms with van der Waals surface area (Å²) in [7, 11) is 1.22. The molecule has 1 aromatic carbocycles. The number of aromatic nitrogens is 5. The Kier molecular flexibility index (Phi) is 5.50. The summed E-state index contributed by atoms with van der Waals surface area (Å²) in [6, 6.07) is 7.46. The van der Waals surface area contributed by atoms with E-state index in [1.54, 1.807) is 18.2 Å². The van der Waals surface area contributed by atoms with Gasteiger partial charge in [-0.2, -0.15) is 19.7 Å². The molecule has 4 aromatic rings. The molecule has 0 radical (unpaired) electrons. The molecule has 12 heteroatoms. The van der Waals surface area contributed by atoms with Gasteiger partial charge < -0.3 is 21.5 Å². The Morgan fingerprint density at radius 2 is 1.91 bits per heavy atom. The summed E-state index contributed by atoms with van der Waals surface area (Å²) in [4.78, 5) is 23.8. The number of rotatable bonds is 5. The van der Waals surface area contributed by atoms with Gasteiger partial charge in [0.2, 0.25) is 0 Å². The Labute approximate surface area is 180 Å². The standard InChI is InChI=1S/C20H18F2N8O2/c1-32-20(31)26-9-12-17(23)27-19(28-18(12)24)30-15-7-11(21)8-25-16(15)14(29-30)6-10-4-2-3-5-13(10)22/h2-5,7-8H,6,9H2,1H3,(H,26,31)(H4,23,24,27,28). The summed E-state index contributed by atoms with van der Waals surface area (Å²) < 4.78 is 33.9. The predicted molar refractivity (Wildman–Crippen MR) is 112 cm³/mol. The Morgan fingerprint density at radius 3 is 2.59 bits per heavy atom. The van der Waals surface area contributed by atoms with Crippen LogP contribution in [0.2, 0.25) is 0 Å². The Balaban J connectivity index is 1.78. The van der Waals surface area contributed by atoms with E-state index in [2.05, 4.69) is 30.1 Å². The van der Waals surface area contributed by atoms with Gasteiger partial charge in [0, 0.05) is 12.5 Å². The monoisotopic (exact) mass is 440 g/mol. The number of carbonyl (C=O) groups excluding carboxylic acids is 1. The molecular formula is C20H18F2N8O2. The van der Waals surface area contributed by atoms with Crippen molar-refractivity contribution in [3.63, 3.8) is 0 Å². The quantitative estimate of drug-likeness (QED) is 0.427. The number of alkyl carbamates (subject to hydrolysis) is 1. The minimum absolute atomic E-state index is 0.00688. The lowest BCUT2D eigenvalue weighted by molar-refractivity contribution is 0.170. The number of nitrogens with one attached hydrogen (secondary N) is 1. The normalized spacial score (nSPS) is 11.0. The number of hydrogen-bond acceptors (Lipinski definition) is 8. The van der Waals surface area contributed by atoms with Crippen molar-refractivity contribution in [2.45, 2.75) is 13.0 Å². The summed E-state index contributed by atoms with van der Waals surface area (Å²) in [6.07, 6.45) is 0.482. The molecule has 164 valence electrons. The highest BCUT2D eigenvalue weighted by Gasteiger charge is 2.19. The van der Waals surface area contributed by atoms with E-state index in [4.69, 9.17) is 11.5 Å². The highest BCUT2D eigenvalue weighted by Crippen LogP contribution is 2.25. The number of benzene rings is 1. The molecule has 5 N–H and O–H groups in total. The highest BCUT2D eigenvalue weighted by atomic mass is 19.1. The molecule has 0 fully saturated rings. The van der Waals surface area contributed by atoms with Crippen molar-refractivity contribution in [1.82, 2.24) is 30.0 Å². The molecule has 3 aromatic heterocycles. The number of nitrogens with two attached hydrogens (primary N) is 2. The average molecular weight is 440 g/mol. The van der Waals surface area contributed by atoms with E-state index < -0.39 is 17.7 Å². The molecular weight excluding hydrogens is 422 g/mol. The number of fused-ring (bicyclic) bond motifs is 1. The molecule has 0 unspecified atom stereocenters. The minimum atomic E-state index is -0.676. The zero-order chi connectivity index (χ0) is 22.8. The third kappa shape index (κ3) is 3.97. The average Bonchev–Trinajstić information content (AvgIpc) is 3.11. The minimum Gasteiger partial charge on any atom is -0.453 e. The van der Waals surface area contributed by atoms with Crippen LogP contribution < -0.4 is 16.8 Å². The number of amides is 1. The second kappa shape index (κ2) is 8.41. The SMILES string of the molecule is COC(=O)NCc1c(N)nc(-n2nc(Cc3ccccc3F)c3ncc(F)cc32)nc1N. The fraction of sp³-hybridized carbons (Fsp3) is 0.150. The third-order valence-corrected chi connectivity index (χ3v) is 4.72. The number of methoxy groups -OCH3 is 1. The van der Waals surface area contributed by atoms with Crippen LogP contribution in [0.1, 0.15) is 16.8 Å². The molecule has 0 saturated heterocycles. The van der Waals surface area contributed by atoms with Crippen LogP contribution in [0.4, 0.5) is 25.2 Å². The number of nitrogens with zero attached hydrogens (tertiary/aromatic N) is 5. The smallest absolute Gasteiger partial charge is 0.407 e. The van der Waals surface area contributed by atoms with E-state index in [9.17, 15) is 13.6 Å². The van der Waals surface area contributed by atoms with Gasteiger partial charge in [-0.15, -0.1) is 0 Å². The van der Waals surface area contributed by atoms with Crippen molar-refractivity contribution in [2.75, 3.05) is 18.6 Å². The summed E-state index contributed by atoms with van der Waals surface area (Å²) >= 11 is 0. The lowest BCUT2D eigenvalue weighted by atomic mass is 10.1.